The average Bonchev–Trinajstić information content (AvgIpc) is 2.79. The number of benzene rings is 2. The van der Waals surface area contributed by atoms with Gasteiger partial charge in [0.05, 0.1) is 18.6 Å². The lowest BCUT2D eigenvalue weighted by Gasteiger charge is -2.33. The molecule has 0 radical (unpaired) electrons. The van der Waals surface area contributed by atoms with E-state index < -0.39 is 46.7 Å². The van der Waals surface area contributed by atoms with Crippen LogP contribution >= 0.6 is 0 Å². The molecule has 0 saturated carbocycles. The molecule has 0 aliphatic carbocycles. The minimum Gasteiger partial charge on any atom is -0.450 e. The third kappa shape index (κ3) is 4.67. The predicted octanol–water partition coefficient (Wildman–Crippen LogP) is 7.32. The van der Waals surface area contributed by atoms with Crippen molar-refractivity contribution in [2.24, 2.45) is 5.92 Å². The minimum atomic E-state index is -3.66. The van der Waals surface area contributed by atoms with Gasteiger partial charge in [0.2, 0.25) is 11.6 Å². The fourth-order valence-electron chi connectivity index (χ4n) is 4.48. The summed E-state index contributed by atoms with van der Waals surface area (Å²) in [5.74, 6) is -6.20. The number of alkyl halides is 2. The quantitative estimate of drug-likeness (QED) is 0.339. The van der Waals surface area contributed by atoms with E-state index in [2.05, 4.69) is 0 Å². The van der Waals surface area contributed by atoms with Crippen molar-refractivity contribution in [1.82, 2.24) is 0 Å². The summed E-state index contributed by atoms with van der Waals surface area (Å²) in [6.07, 6.45) is -0.278. The Balaban J connectivity index is 1.55. The van der Waals surface area contributed by atoms with Gasteiger partial charge >= 0.3 is 6.11 Å². The van der Waals surface area contributed by atoms with E-state index in [0.717, 1.165) is 18.9 Å². The first-order valence-corrected chi connectivity index (χ1v) is 11.4. The van der Waals surface area contributed by atoms with Crippen LogP contribution in [-0.4, -0.2) is 18.8 Å². The van der Waals surface area contributed by atoms with Crippen molar-refractivity contribution in [3.63, 3.8) is 0 Å². The third-order valence-corrected chi connectivity index (χ3v) is 6.26. The second-order valence-electron chi connectivity index (χ2n) is 8.73. The highest BCUT2D eigenvalue weighted by atomic mass is 19.3. The fraction of sp³-hybridized carbons (Fsp3) is 0.520. The normalized spacial score (nSPS) is 20.1. The van der Waals surface area contributed by atoms with E-state index in [1.807, 2.05) is 13.8 Å². The number of rotatable bonds is 7. The predicted molar refractivity (Wildman–Crippen MR) is 113 cm³/mol. The zero-order chi connectivity index (χ0) is 23.8. The van der Waals surface area contributed by atoms with Gasteiger partial charge in [-0.3, -0.25) is 0 Å². The zero-order valence-corrected chi connectivity index (χ0v) is 18.7. The topological polar surface area (TPSA) is 27.7 Å². The molecule has 2 aromatic rings. The van der Waals surface area contributed by atoms with Gasteiger partial charge in [-0.25, -0.2) is 4.39 Å². The molecule has 2 aliphatic heterocycles. The second kappa shape index (κ2) is 9.49. The van der Waals surface area contributed by atoms with Crippen LogP contribution in [0.4, 0.5) is 22.0 Å². The summed E-state index contributed by atoms with van der Waals surface area (Å²) in [5.41, 5.74) is 0.938. The summed E-state index contributed by atoms with van der Waals surface area (Å²) in [6.45, 7) is 3.66. The Morgan fingerprint density at radius 2 is 1.73 bits per heavy atom. The van der Waals surface area contributed by atoms with Crippen LogP contribution in [0, 0.1) is 23.4 Å². The van der Waals surface area contributed by atoms with E-state index in [0.29, 0.717) is 30.4 Å². The molecule has 0 N–H and O–H groups in total. The largest absolute Gasteiger partial charge is 0.450 e. The lowest BCUT2D eigenvalue weighted by Crippen LogP contribution is -2.41. The molecule has 33 heavy (non-hydrogen) atoms. The molecule has 2 atom stereocenters. The fourth-order valence-corrected chi connectivity index (χ4v) is 4.48. The molecule has 4 rings (SSSR count). The number of hydrogen-bond donors (Lipinski definition) is 0. The maximum Gasteiger partial charge on any atom is 0.403 e. The Morgan fingerprint density at radius 1 is 0.970 bits per heavy atom. The standard InChI is InChI=1S/C25H27F5O3/c1-3-5-14-11-16-12-15-7-10-19(21(27)23(15)32-24(16)22(28)20(14)26)33-25(29,30)17-8-9-18(6-4-2)31-13-17/h7,10-11,17-18H,3-6,8-9,12-13H2,1-2H3. The lowest BCUT2D eigenvalue weighted by atomic mass is 9.95. The molecule has 0 bridgehead atoms. The number of hydrogen-bond acceptors (Lipinski definition) is 3. The lowest BCUT2D eigenvalue weighted by molar-refractivity contribution is -0.242. The second-order valence-corrected chi connectivity index (χ2v) is 8.73. The van der Waals surface area contributed by atoms with Crippen molar-refractivity contribution < 1.29 is 36.2 Å². The van der Waals surface area contributed by atoms with Gasteiger partial charge in [0, 0.05) is 17.5 Å². The smallest absolute Gasteiger partial charge is 0.403 e. The van der Waals surface area contributed by atoms with Gasteiger partial charge in [0.15, 0.2) is 23.1 Å². The monoisotopic (exact) mass is 470 g/mol. The highest BCUT2D eigenvalue weighted by Gasteiger charge is 2.45. The molecule has 0 spiro atoms. The highest BCUT2D eigenvalue weighted by molar-refractivity contribution is 5.54. The number of halogens is 5. The summed E-state index contributed by atoms with van der Waals surface area (Å²) in [6, 6.07) is 4.03. The van der Waals surface area contributed by atoms with E-state index in [1.165, 1.54) is 12.1 Å². The van der Waals surface area contributed by atoms with Crippen molar-refractivity contribution >= 4 is 0 Å². The summed E-state index contributed by atoms with van der Waals surface area (Å²) >= 11 is 0. The van der Waals surface area contributed by atoms with Crippen molar-refractivity contribution in [2.75, 3.05) is 6.61 Å². The van der Waals surface area contributed by atoms with E-state index >= 15 is 4.39 Å². The molecule has 3 nitrogen and oxygen atoms in total. The summed E-state index contributed by atoms with van der Waals surface area (Å²) in [4.78, 5) is 0. The highest BCUT2D eigenvalue weighted by Crippen LogP contribution is 2.45. The maximum atomic E-state index is 15.1. The van der Waals surface area contributed by atoms with E-state index in [-0.39, 0.29) is 31.1 Å². The molecule has 2 heterocycles. The van der Waals surface area contributed by atoms with E-state index in [1.54, 1.807) is 0 Å². The van der Waals surface area contributed by atoms with Crippen LogP contribution in [0.25, 0.3) is 0 Å². The minimum absolute atomic E-state index is 0.0517. The van der Waals surface area contributed by atoms with Crippen LogP contribution in [0.2, 0.25) is 0 Å². The van der Waals surface area contributed by atoms with Crippen molar-refractivity contribution in [3.05, 3.63) is 52.3 Å². The Labute approximate surface area is 189 Å². The van der Waals surface area contributed by atoms with Crippen molar-refractivity contribution in [1.29, 1.82) is 0 Å². The molecule has 2 unspecified atom stereocenters. The van der Waals surface area contributed by atoms with Gasteiger partial charge in [0.25, 0.3) is 0 Å². The third-order valence-electron chi connectivity index (χ3n) is 6.26. The zero-order valence-electron chi connectivity index (χ0n) is 18.7. The first kappa shape index (κ1) is 23.8. The number of ether oxygens (including phenoxy) is 3. The summed E-state index contributed by atoms with van der Waals surface area (Å²) in [5, 5.41) is 0. The SMILES string of the molecule is CCCc1cc2c(c(F)c1F)Oc1c(ccc(OC(F)(F)C3CCC(CCC)OC3)c1F)C2. The van der Waals surface area contributed by atoms with Crippen LogP contribution in [0.1, 0.15) is 62.6 Å². The molecule has 8 heteroatoms. The molecular formula is C25H27F5O3. The van der Waals surface area contributed by atoms with Crippen LogP contribution in [0.5, 0.6) is 17.2 Å². The van der Waals surface area contributed by atoms with Crippen LogP contribution in [0.15, 0.2) is 18.2 Å². The molecule has 1 saturated heterocycles. The van der Waals surface area contributed by atoms with Gasteiger partial charge < -0.3 is 14.2 Å². The van der Waals surface area contributed by atoms with Gasteiger partial charge in [-0.2, -0.15) is 17.6 Å². The Morgan fingerprint density at radius 3 is 2.39 bits per heavy atom. The van der Waals surface area contributed by atoms with Crippen molar-refractivity contribution in [2.45, 2.75) is 71.0 Å². The van der Waals surface area contributed by atoms with E-state index in [9.17, 15) is 17.6 Å². The summed E-state index contributed by atoms with van der Waals surface area (Å²) in [7, 11) is 0. The maximum absolute atomic E-state index is 15.1. The Kier molecular flexibility index (Phi) is 6.84. The molecule has 0 aromatic heterocycles. The number of aryl methyl sites for hydroxylation is 1. The molecular weight excluding hydrogens is 443 g/mol. The van der Waals surface area contributed by atoms with Crippen LogP contribution in [0.3, 0.4) is 0 Å². The molecule has 0 amide bonds. The van der Waals surface area contributed by atoms with Gasteiger partial charge in [-0.05, 0) is 43.4 Å². The molecule has 1 fully saturated rings. The van der Waals surface area contributed by atoms with Gasteiger partial charge in [0.1, 0.15) is 0 Å². The van der Waals surface area contributed by atoms with Crippen LogP contribution < -0.4 is 9.47 Å². The molecule has 2 aromatic carbocycles. The first-order valence-electron chi connectivity index (χ1n) is 11.4. The Bertz CT molecular complexity index is 1020. The average molecular weight is 470 g/mol. The summed E-state index contributed by atoms with van der Waals surface area (Å²) < 4.78 is 89.3. The van der Waals surface area contributed by atoms with E-state index in [4.69, 9.17) is 14.2 Å². The first-order chi connectivity index (χ1) is 15.7. The van der Waals surface area contributed by atoms with Crippen molar-refractivity contribution in [3.8, 4) is 17.2 Å². The molecule has 2 aliphatic rings. The van der Waals surface area contributed by atoms with Crippen LogP contribution in [-0.2, 0) is 17.6 Å². The van der Waals surface area contributed by atoms with Gasteiger partial charge in [-0.15, -0.1) is 0 Å². The number of fused-ring (bicyclic) bond motifs is 2. The molecule has 180 valence electrons. The van der Waals surface area contributed by atoms with Gasteiger partial charge in [-0.1, -0.05) is 32.8 Å². The Hall–Kier alpha value is -2.35.